The van der Waals surface area contributed by atoms with Gasteiger partial charge in [-0.1, -0.05) is 26.7 Å². The van der Waals surface area contributed by atoms with Gasteiger partial charge in [0.05, 0.1) is 5.69 Å². The summed E-state index contributed by atoms with van der Waals surface area (Å²) in [6, 6.07) is 1.90. The van der Waals surface area contributed by atoms with Crippen LogP contribution in [0.3, 0.4) is 0 Å². The highest BCUT2D eigenvalue weighted by atomic mass is 32.1. The molecule has 4 heteroatoms. The lowest BCUT2D eigenvalue weighted by Gasteiger charge is -2.29. The molecule has 3 nitrogen and oxygen atoms in total. The zero-order chi connectivity index (χ0) is 13.3. The Morgan fingerprint density at radius 1 is 1.50 bits per heavy atom. The molecule has 0 aliphatic heterocycles. The lowest BCUT2D eigenvalue weighted by Crippen LogP contribution is -2.23. The second-order valence-electron chi connectivity index (χ2n) is 5.79. The maximum atomic E-state index is 11.1. The van der Waals surface area contributed by atoms with E-state index in [0.29, 0.717) is 16.5 Å². The van der Waals surface area contributed by atoms with E-state index in [0.717, 1.165) is 6.42 Å². The highest BCUT2D eigenvalue weighted by Crippen LogP contribution is 2.49. The van der Waals surface area contributed by atoms with Gasteiger partial charge >= 0.3 is 5.97 Å². The van der Waals surface area contributed by atoms with Gasteiger partial charge in [-0.25, -0.2) is 4.79 Å². The van der Waals surface area contributed by atoms with Crippen LogP contribution in [0.15, 0.2) is 6.07 Å². The molecule has 0 saturated heterocycles. The fourth-order valence-electron chi connectivity index (χ4n) is 3.22. The first-order chi connectivity index (χ1) is 8.44. The van der Waals surface area contributed by atoms with Gasteiger partial charge in [0.2, 0.25) is 0 Å². The molecule has 0 radical (unpaired) electrons. The summed E-state index contributed by atoms with van der Waals surface area (Å²) >= 11 is 1.38. The fraction of sp³-hybridized carbons (Fsp3) is 0.643. The van der Waals surface area contributed by atoms with Crippen molar-refractivity contribution in [3.05, 3.63) is 15.8 Å². The number of thiophene rings is 1. The van der Waals surface area contributed by atoms with Gasteiger partial charge in [-0.05, 0) is 31.2 Å². The largest absolute Gasteiger partial charge is 0.477 e. The van der Waals surface area contributed by atoms with Gasteiger partial charge in [0.25, 0.3) is 0 Å². The zero-order valence-corrected chi connectivity index (χ0v) is 11.8. The zero-order valence-electron chi connectivity index (χ0n) is 11.0. The highest BCUT2D eigenvalue weighted by molar-refractivity contribution is 7.14. The molecule has 0 bridgehead atoms. The predicted octanol–water partition coefficient (Wildman–Crippen LogP) is 3.89. The van der Waals surface area contributed by atoms with Crippen molar-refractivity contribution in [1.82, 2.24) is 0 Å². The van der Waals surface area contributed by atoms with Crippen LogP contribution >= 0.6 is 11.3 Å². The van der Waals surface area contributed by atoms with Gasteiger partial charge in [-0.15, -0.1) is 11.3 Å². The van der Waals surface area contributed by atoms with E-state index in [9.17, 15) is 4.79 Å². The van der Waals surface area contributed by atoms with Crippen molar-refractivity contribution in [3.63, 3.8) is 0 Å². The molecule has 1 aliphatic carbocycles. The first-order valence-corrected chi connectivity index (χ1v) is 7.39. The monoisotopic (exact) mass is 267 g/mol. The van der Waals surface area contributed by atoms with Crippen LogP contribution in [0.1, 0.15) is 60.5 Å². The maximum absolute atomic E-state index is 11.1. The molecule has 1 heterocycles. The molecular weight excluding hydrogens is 246 g/mol. The Morgan fingerprint density at radius 3 is 2.56 bits per heavy atom. The van der Waals surface area contributed by atoms with Crippen LogP contribution in [0.4, 0.5) is 5.69 Å². The van der Waals surface area contributed by atoms with Gasteiger partial charge in [-0.3, -0.25) is 0 Å². The molecule has 18 heavy (non-hydrogen) atoms. The molecule has 1 aromatic heterocycles. The first-order valence-electron chi connectivity index (χ1n) is 6.58. The topological polar surface area (TPSA) is 63.3 Å². The van der Waals surface area contributed by atoms with E-state index in [1.165, 1.54) is 41.9 Å². The lowest BCUT2D eigenvalue weighted by molar-refractivity contribution is 0.0703. The van der Waals surface area contributed by atoms with Crippen molar-refractivity contribution in [3.8, 4) is 0 Å². The second-order valence-corrected chi connectivity index (χ2v) is 6.84. The summed E-state index contributed by atoms with van der Waals surface area (Å²) in [5, 5.41) is 9.12. The Hall–Kier alpha value is -1.03. The summed E-state index contributed by atoms with van der Waals surface area (Å²) in [6.45, 7) is 4.46. The normalized spacial score (nSPS) is 18.4. The SMILES string of the molecule is CC(C)CC1(c2cc(N)c(C(=O)O)s2)CCCC1. The van der Waals surface area contributed by atoms with E-state index in [1.54, 1.807) is 0 Å². The first kappa shape index (κ1) is 13.4. The minimum Gasteiger partial charge on any atom is -0.477 e. The average molecular weight is 267 g/mol. The summed E-state index contributed by atoms with van der Waals surface area (Å²) in [5.74, 6) is -0.277. The maximum Gasteiger partial charge on any atom is 0.348 e. The fourth-order valence-corrected chi connectivity index (χ4v) is 4.39. The molecule has 1 saturated carbocycles. The van der Waals surface area contributed by atoms with Crippen LogP contribution in [-0.2, 0) is 5.41 Å². The molecular formula is C14H21NO2S. The minimum absolute atomic E-state index is 0.181. The molecule has 0 amide bonds. The Kier molecular flexibility index (Phi) is 3.66. The van der Waals surface area contributed by atoms with E-state index < -0.39 is 5.97 Å². The van der Waals surface area contributed by atoms with E-state index >= 15 is 0 Å². The van der Waals surface area contributed by atoms with E-state index in [-0.39, 0.29) is 5.41 Å². The molecule has 0 spiro atoms. The van der Waals surface area contributed by atoms with Crippen LogP contribution in [-0.4, -0.2) is 11.1 Å². The highest BCUT2D eigenvalue weighted by Gasteiger charge is 2.38. The third kappa shape index (κ3) is 2.39. The number of carboxylic acids is 1. The van der Waals surface area contributed by atoms with Gasteiger partial charge in [0, 0.05) is 10.3 Å². The molecule has 3 N–H and O–H groups in total. The summed E-state index contributed by atoms with van der Waals surface area (Å²) < 4.78 is 0. The van der Waals surface area contributed by atoms with Crippen molar-refractivity contribution in [2.45, 2.75) is 51.4 Å². The summed E-state index contributed by atoms with van der Waals surface area (Å²) in [6.07, 6.45) is 5.96. The Morgan fingerprint density at radius 2 is 2.11 bits per heavy atom. The number of rotatable bonds is 4. The number of nitrogens with two attached hydrogens (primary N) is 1. The minimum atomic E-state index is -0.901. The summed E-state index contributed by atoms with van der Waals surface area (Å²) in [4.78, 5) is 12.6. The van der Waals surface area contributed by atoms with Gasteiger partial charge in [0.15, 0.2) is 0 Å². The van der Waals surface area contributed by atoms with Crippen molar-refractivity contribution >= 4 is 23.0 Å². The van der Waals surface area contributed by atoms with E-state index in [2.05, 4.69) is 13.8 Å². The standard InChI is InChI=1S/C14H21NO2S/c1-9(2)8-14(5-3-4-6-14)11-7-10(15)12(18-11)13(16)17/h7,9H,3-6,8,15H2,1-2H3,(H,16,17). The molecule has 1 aliphatic rings. The lowest BCUT2D eigenvalue weighted by atomic mass is 9.77. The van der Waals surface area contributed by atoms with Crippen molar-refractivity contribution in [1.29, 1.82) is 0 Å². The molecule has 2 rings (SSSR count). The number of hydrogen-bond donors (Lipinski definition) is 2. The van der Waals surface area contributed by atoms with Crippen LogP contribution < -0.4 is 5.73 Å². The van der Waals surface area contributed by atoms with Crippen LogP contribution in [0, 0.1) is 5.92 Å². The Balaban J connectivity index is 2.37. The quantitative estimate of drug-likeness (QED) is 0.870. The molecule has 0 atom stereocenters. The van der Waals surface area contributed by atoms with Crippen molar-refractivity contribution in [2.75, 3.05) is 5.73 Å². The van der Waals surface area contributed by atoms with E-state index in [4.69, 9.17) is 10.8 Å². The molecule has 1 fully saturated rings. The Bertz CT molecular complexity index is 445. The molecule has 100 valence electrons. The smallest absolute Gasteiger partial charge is 0.348 e. The average Bonchev–Trinajstić information content (AvgIpc) is 2.84. The number of nitrogen functional groups attached to an aromatic ring is 1. The van der Waals surface area contributed by atoms with Gasteiger partial charge < -0.3 is 10.8 Å². The van der Waals surface area contributed by atoms with Crippen LogP contribution in [0.5, 0.6) is 0 Å². The molecule has 1 aromatic rings. The summed E-state index contributed by atoms with van der Waals surface area (Å²) in [5.41, 5.74) is 6.44. The van der Waals surface area contributed by atoms with Crippen molar-refractivity contribution in [2.24, 2.45) is 5.92 Å². The third-order valence-corrected chi connectivity index (χ3v) is 5.22. The van der Waals surface area contributed by atoms with Crippen LogP contribution in [0.2, 0.25) is 0 Å². The Labute approximate surface area is 112 Å². The number of carbonyl (C=O) groups is 1. The van der Waals surface area contributed by atoms with Gasteiger partial charge in [-0.2, -0.15) is 0 Å². The van der Waals surface area contributed by atoms with E-state index in [1.807, 2.05) is 6.07 Å². The number of hydrogen-bond acceptors (Lipinski definition) is 3. The number of carboxylic acid groups (broad SMARTS) is 1. The second kappa shape index (κ2) is 4.92. The number of aromatic carboxylic acids is 1. The van der Waals surface area contributed by atoms with Crippen molar-refractivity contribution < 1.29 is 9.90 Å². The number of anilines is 1. The van der Waals surface area contributed by atoms with Crippen LogP contribution in [0.25, 0.3) is 0 Å². The summed E-state index contributed by atoms with van der Waals surface area (Å²) in [7, 11) is 0. The third-order valence-electron chi connectivity index (χ3n) is 3.84. The molecule has 0 unspecified atom stereocenters. The molecule has 0 aromatic carbocycles. The predicted molar refractivity (Wildman–Crippen MR) is 75.3 cm³/mol. The van der Waals surface area contributed by atoms with Gasteiger partial charge in [0.1, 0.15) is 4.88 Å².